The quantitative estimate of drug-likeness (QED) is 0.624. The third-order valence-electron chi connectivity index (χ3n) is 1.54. The predicted molar refractivity (Wildman–Crippen MR) is 68.4 cm³/mol. The van der Waals surface area contributed by atoms with Crippen LogP contribution in [0.4, 0.5) is 5.69 Å². The minimum Gasteiger partial charge on any atom is -0.275 e. The Kier molecular flexibility index (Phi) is 4.95. The van der Waals surface area contributed by atoms with Crippen molar-refractivity contribution in [3.8, 4) is 0 Å². The SMILES string of the molecule is C/C=C/C=NNc1c(Cl)cc(Cl)cc1Cl. The van der Waals surface area contributed by atoms with Crippen molar-refractivity contribution in [2.24, 2.45) is 5.10 Å². The van der Waals surface area contributed by atoms with Crippen LogP contribution in [0.1, 0.15) is 6.92 Å². The molecular weight excluding hydrogens is 254 g/mol. The van der Waals surface area contributed by atoms with Crippen LogP contribution in [0, 0.1) is 0 Å². The third-order valence-corrected chi connectivity index (χ3v) is 2.35. The molecule has 0 aliphatic carbocycles. The Hall–Kier alpha value is -0.700. The molecule has 0 aliphatic heterocycles. The number of anilines is 1. The number of hydrogen-bond acceptors (Lipinski definition) is 2. The van der Waals surface area contributed by atoms with E-state index in [4.69, 9.17) is 34.8 Å². The Bertz CT molecular complexity index is 377. The largest absolute Gasteiger partial charge is 0.275 e. The second-order valence-electron chi connectivity index (χ2n) is 2.66. The molecule has 0 spiro atoms. The molecule has 0 atom stereocenters. The Balaban J connectivity index is 2.85. The van der Waals surface area contributed by atoms with Crippen molar-refractivity contribution >= 4 is 46.7 Å². The van der Waals surface area contributed by atoms with Gasteiger partial charge in [0.25, 0.3) is 0 Å². The molecule has 0 unspecified atom stereocenters. The van der Waals surface area contributed by atoms with Crippen LogP contribution in [0.15, 0.2) is 29.4 Å². The molecule has 0 bridgehead atoms. The molecule has 2 nitrogen and oxygen atoms in total. The zero-order valence-electron chi connectivity index (χ0n) is 7.97. The lowest BCUT2D eigenvalue weighted by molar-refractivity contribution is 1.35. The highest BCUT2D eigenvalue weighted by atomic mass is 35.5. The molecule has 1 N–H and O–H groups in total. The molecule has 0 aliphatic rings. The lowest BCUT2D eigenvalue weighted by Crippen LogP contribution is -1.90. The van der Waals surface area contributed by atoms with E-state index in [1.165, 1.54) is 0 Å². The smallest absolute Gasteiger partial charge is 0.0935 e. The molecule has 0 amide bonds. The van der Waals surface area contributed by atoms with Gasteiger partial charge in [0.05, 0.1) is 15.7 Å². The van der Waals surface area contributed by atoms with Gasteiger partial charge in [0.15, 0.2) is 0 Å². The number of rotatable bonds is 3. The average molecular weight is 264 g/mol. The number of allylic oxidation sites excluding steroid dienone is 2. The molecule has 80 valence electrons. The van der Waals surface area contributed by atoms with E-state index < -0.39 is 0 Å². The maximum absolute atomic E-state index is 5.92. The molecule has 5 heteroatoms. The lowest BCUT2D eigenvalue weighted by Gasteiger charge is -2.05. The highest BCUT2D eigenvalue weighted by molar-refractivity contribution is 6.41. The van der Waals surface area contributed by atoms with Crippen LogP contribution < -0.4 is 5.43 Å². The van der Waals surface area contributed by atoms with Gasteiger partial charge in [0.2, 0.25) is 0 Å². The Morgan fingerprint density at radius 3 is 2.33 bits per heavy atom. The van der Waals surface area contributed by atoms with E-state index in [-0.39, 0.29) is 0 Å². The number of benzene rings is 1. The molecule has 1 rings (SSSR count). The van der Waals surface area contributed by atoms with E-state index in [0.29, 0.717) is 20.8 Å². The summed E-state index contributed by atoms with van der Waals surface area (Å²) in [5, 5.41) is 5.27. The van der Waals surface area contributed by atoms with Crippen molar-refractivity contribution in [1.82, 2.24) is 0 Å². The molecule has 0 heterocycles. The molecule has 0 radical (unpaired) electrons. The molecular formula is C10H9Cl3N2. The maximum Gasteiger partial charge on any atom is 0.0935 e. The lowest BCUT2D eigenvalue weighted by atomic mass is 10.3. The first-order chi connectivity index (χ1) is 7.15. The van der Waals surface area contributed by atoms with E-state index in [0.717, 1.165) is 0 Å². The second-order valence-corrected chi connectivity index (χ2v) is 3.91. The van der Waals surface area contributed by atoms with Gasteiger partial charge in [-0.15, -0.1) is 0 Å². The Morgan fingerprint density at radius 1 is 1.20 bits per heavy atom. The fraction of sp³-hybridized carbons (Fsp3) is 0.100. The summed E-state index contributed by atoms with van der Waals surface area (Å²) in [6.45, 7) is 1.90. The van der Waals surface area contributed by atoms with Gasteiger partial charge < -0.3 is 0 Å². The summed E-state index contributed by atoms with van der Waals surface area (Å²) < 4.78 is 0. The van der Waals surface area contributed by atoms with Crippen LogP contribution in [-0.4, -0.2) is 6.21 Å². The first-order valence-corrected chi connectivity index (χ1v) is 5.33. The van der Waals surface area contributed by atoms with E-state index in [1.54, 1.807) is 24.4 Å². The normalized spacial score (nSPS) is 11.5. The van der Waals surface area contributed by atoms with Gasteiger partial charge in [-0.05, 0) is 25.1 Å². The zero-order chi connectivity index (χ0) is 11.3. The second kappa shape index (κ2) is 6.01. The summed E-state index contributed by atoms with van der Waals surface area (Å²) in [7, 11) is 0. The van der Waals surface area contributed by atoms with Gasteiger partial charge in [0, 0.05) is 11.2 Å². The van der Waals surface area contributed by atoms with Crippen molar-refractivity contribution < 1.29 is 0 Å². The highest BCUT2D eigenvalue weighted by Gasteiger charge is 2.05. The van der Waals surface area contributed by atoms with Crippen LogP contribution in [0.25, 0.3) is 0 Å². The molecule has 1 aromatic rings. The third kappa shape index (κ3) is 3.74. The minimum atomic E-state index is 0.435. The van der Waals surface area contributed by atoms with Gasteiger partial charge in [-0.2, -0.15) is 5.10 Å². The van der Waals surface area contributed by atoms with E-state index >= 15 is 0 Å². The van der Waals surface area contributed by atoms with E-state index in [1.807, 2.05) is 13.0 Å². The Morgan fingerprint density at radius 2 is 1.80 bits per heavy atom. The molecule has 0 aromatic heterocycles. The van der Waals surface area contributed by atoms with Crippen molar-refractivity contribution in [3.05, 3.63) is 39.4 Å². The maximum atomic E-state index is 5.92. The van der Waals surface area contributed by atoms with Gasteiger partial charge >= 0.3 is 0 Å². The summed E-state index contributed by atoms with van der Waals surface area (Å²) in [5.74, 6) is 0. The van der Waals surface area contributed by atoms with E-state index in [9.17, 15) is 0 Å². The van der Waals surface area contributed by atoms with Gasteiger partial charge in [-0.25, -0.2) is 0 Å². The summed E-state index contributed by atoms with van der Waals surface area (Å²) in [6, 6.07) is 3.20. The van der Waals surface area contributed by atoms with Gasteiger partial charge in [-0.1, -0.05) is 40.9 Å². The number of hydrazone groups is 1. The summed E-state index contributed by atoms with van der Waals surface area (Å²) in [6.07, 6.45) is 5.24. The summed E-state index contributed by atoms with van der Waals surface area (Å²) in [4.78, 5) is 0. The first kappa shape index (κ1) is 12.4. The van der Waals surface area contributed by atoms with Crippen molar-refractivity contribution in [1.29, 1.82) is 0 Å². The number of nitrogens with zero attached hydrogens (tertiary/aromatic N) is 1. The van der Waals surface area contributed by atoms with Crippen LogP contribution in [-0.2, 0) is 0 Å². The fourth-order valence-corrected chi connectivity index (χ4v) is 1.78. The van der Waals surface area contributed by atoms with Crippen molar-refractivity contribution in [2.45, 2.75) is 6.92 Å². The monoisotopic (exact) mass is 262 g/mol. The van der Waals surface area contributed by atoms with Crippen LogP contribution >= 0.6 is 34.8 Å². The molecule has 1 aromatic carbocycles. The first-order valence-electron chi connectivity index (χ1n) is 4.20. The molecule has 0 saturated carbocycles. The van der Waals surface area contributed by atoms with E-state index in [2.05, 4.69) is 10.5 Å². The molecule has 15 heavy (non-hydrogen) atoms. The zero-order valence-corrected chi connectivity index (χ0v) is 10.2. The topological polar surface area (TPSA) is 24.4 Å². The summed E-state index contributed by atoms with van der Waals surface area (Å²) in [5.41, 5.74) is 3.28. The van der Waals surface area contributed by atoms with Gasteiger partial charge in [0.1, 0.15) is 0 Å². The highest BCUT2D eigenvalue weighted by Crippen LogP contribution is 2.33. The number of hydrogen-bond donors (Lipinski definition) is 1. The van der Waals surface area contributed by atoms with Crippen LogP contribution in [0.2, 0.25) is 15.1 Å². The standard InChI is InChI=1S/C10H9Cl3N2/c1-2-3-4-14-15-10-8(12)5-7(11)6-9(10)13/h2-6,15H,1H3/b3-2+,14-4?. The summed E-state index contributed by atoms with van der Waals surface area (Å²) >= 11 is 17.6. The Labute approximate surface area is 104 Å². The number of nitrogens with one attached hydrogen (secondary N) is 1. The molecule has 0 fully saturated rings. The molecule has 0 saturated heterocycles. The van der Waals surface area contributed by atoms with Crippen LogP contribution in [0.5, 0.6) is 0 Å². The van der Waals surface area contributed by atoms with Crippen molar-refractivity contribution in [3.63, 3.8) is 0 Å². The minimum absolute atomic E-state index is 0.435. The van der Waals surface area contributed by atoms with Gasteiger partial charge in [-0.3, -0.25) is 5.43 Å². The van der Waals surface area contributed by atoms with Crippen LogP contribution in [0.3, 0.4) is 0 Å². The average Bonchev–Trinajstić information content (AvgIpc) is 2.15. The number of halogens is 3. The fourth-order valence-electron chi connectivity index (χ4n) is 0.880. The predicted octanol–water partition coefficient (Wildman–Crippen LogP) is 4.62. The van der Waals surface area contributed by atoms with Crippen molar-refractivity contribution in [2.75, 3.05) is 5.43 Å².